The number of hydrogen-bond donors (Lipinski definition) is 0. The quantitative estimate of drug-likeness (QED) is 0.764. The van der Waals surface area contributed by atoms with E-state index in [0.717, 1.165) is 4.68 Å². The van der Waals surface area contributed by atoms with Crippen molar-refractivity contribution in [2.45, 2.75) is 19.5 Å². The van der Waals surface area contributed by atoms with Crippen LogP contribution in [0, 0.1) is 11.3 Å². The molecule has 2 heterocycles. The smallest absolute Gasteiger partial charge is 0.388 e. The highest BCUT2D eigenvalue weighted by atomic mass is 35.5. The van der Waals surface area contributed by atoms with E-state index in [4.69, 9.17) is 28.7 Å². The van der Waals surface area contributed by atoms with Gasteiger partial charge in [-0.25, -0.2) is 9.36 Å². The molecule has 12 heteroatoms. The van der Waals surface area contributed by atoms with Crippen LogP contribution in [0.4, 0.5) is 8.78 Å². The summed E-state index contributed by atoms with van der Waals surface area (Å²) in [6.45, 7) is -3.09. The molecule has 0 saturated carbocycles. The molecular weight excluding hydrogens is 371 g/mol. The van der Waals surface area contributed by atoms with E-state index in [1.54, 1.807) is 0 Å². The first kappa shape index (κ1) is 18.0. The summed E-state index contributed by atoms with van der Waals surface area (Å²) in [5, 5.41) is 16.8. The number of aromatic nitrogens is 4. The maximum absolute atomic E-state index is 12.4. The molecule has 8 nitrogen and oxygen atoms in total. The summed E-state index contributed by atoms with van der Waals surface area (Å²) in [7, 11) is 1.35. The van der Waals surface area contributed by atoms with Gasteiger partial charge in [-0.15, -0.1) is 5.10 Å². The predicted octanol–water partition coefficient (Wildman–Crippen LogP) is 2.36. The lowest BCUT2D eigenvalue weighted by molar-refractivity contribution is -0.133. The molecule has 0 amide bonds. The highest BCUT2D eigenvalue weighted by molar-refractivity contribution is 6.33. The fraction of sp³-hybridized carbons (Fsp3) is 0.333. The van der Waals surface area contributed by atoms with Crippen LogP contribution < -0.4 is 4.74 Å². The van der Waals surface area contributed by atoms with Crippen LogP contribution in [0.5, 0.6) is 5.88 Å². The van der Waals surface area contributed by atoms with Gasteiger partial charge in [0.1, 0.15) is 23.0 Å². The molecule has 2 aromatic heterocycles. The van der Waals surface area contributed by atoms with E-state index >= 15 is 0 Å². The molecule has 0 N–H and O–H groups in total. The molecule has 0 unspecified atom stereocenters. The Labute approximate surface area is 144 Å². The topological polar surface area (TPSA) is 95.0 Å². The molecule has 2 rings (SSSR count). The lowest BCUT2D eigenvalue weighted by Crippen LogP contribution is -2.08. The summed E-state index contributed by atoms with van der Waals surface area (Å²) in [4.78, 5) is 11.2. The molecule has 0 radical (unpaired) electrons. The van der Waals surface area contributed by atoms with Crippen molar-refractivity contribution in [1.29, 1.82) is 5.26 Å². The molecule has 0 fully saturated rings. The third-order valence-corrected chi connectivity index (χ3v) is 3.47. The van der Waals surface area contributed by atoms with Crippen molar-refractivity contribution in [3.63, 3.8) is 0 Å². The van der Waals surface area contributed by atoms with E-state index in [1.165, 1.54) is 17.9 Å². The molecule has 0 saturated heterocycles. The number of carbonyl (C=O) groups is 1. The van der Waals surface area contributed by atoms with Crippen LogP contribution in [0.1, 0.15) is 17.7 Å². The highest BCUT2D eigenvalue weighted by Crippen LogP contribution is 2.32. The van der Waals surface area contributed by atoms with Crippen LogP contribution in [0.2, 0.25) is 5.02 Å². The number of aryl methyl sites for hydroxylation is 1. The molecule has 24 heavy (non-hydrogen) atoms. The molecule has 0 spiro atoms. The third kappa shape index (κ3) is 3.58. The Hall–Kier alpha value is -2.38. The Bertz CT molecular complexity index is 799. The molecule has 0 aliphatic carbocycles. The monoisotopic (exact) mass is 379 g/mol. The first-order chi connectivity index (χ1) is 11.4. The van der Waals surface area contributed by atoms with Crippen molar-refractivity contribution in [1.82, 2.24) is 19.6 Å². The van der Waals surface area contributed by atoms with E-state index in [9.17, 15) is 13.6 Å². The molecule has 0 atom stereocenters. The Kier molecular flexibility index (Phi) is 5.58. The molecule has 2 aromatic rings. The van der Waals surface area contributed by atoms with Gasteiger partial charge >= 0.3 is 12.6 Å². The number of rotatable bonds is 6. The number of nitriles is 1. The number of hydrogen-bond acceptors (Lipinski definition) is 6. The minimum atomic E-state index is -3.09. The number of ether oxygens (including phenoxy) is 1. The van der Waals surface area contributed by atoms with Gasteiger partial charge in [0.2, 0.25) is 5.88 Å². The molecular formula is C12H9Cl2F2N5O3. The van der Waals surface area contributed by atoms with Crippen molar-refractivity contribution in [2.24, 2.45) is 7.05 Å². The van der Waals surface area contributed by atoms with Crippen LogP contribution >= 0.6 is 23.5 Å². The van der Waals surface area contributed by atoms with Crippen molar-refractivity contribution >= 4 is 29.4 Å². The average Bonchev–Trinajstić information content (AvgIpc) is 3.07. The Morgan fingerprint density at radius 3 is 2.83 bits per heavy atom. The average molecular weight is 380 g/mol. The van der Waals surface area contributed by atoms with Gasteiger partial charge in [0.15, 0.2) is 5.82 Å². The zero-order chi connectivity index (χ0) is 17.9. The van der Waals surface area contributed by atoms with Gasteiger partial charge in [-0.2, -0.15) is 19.1 Å². The van der Waals surface area contributed by atoms with E-state index in [1.807, 2.05) is 6.07 Å². The lowest BCUT2D eigenvalue weighted by Gasteiger charge is -2.05. The van der Waals surface area contributed by atoms with Crippen LogP contribution in [-0.4, -0.2) is 32.1 Å². The summed E-state index contributed by atoms with van der Waals surface area (Å²) in [5.74, 6) is -1.09. The summed E-state index contributed by atoms with van der Waals surface area (Å²) in [6.07, 6.45) is 1.15. The second kappa shape index (κ2) is 7.46. The fourth-order valence-corrected chi connectivity index (χ4v) is 2.33. The standard InChI is InChI=1S/C12H9Cl2F2N5O3/c1-20-11(23-12(15)16)9(13)10(19-20)21-7(2-3-8(22)24-14)6(4-17)5-18-21/h5,12H,2-3H2,1H3. The first-order valence-electron chi connectivity index (χ1n) is 6.35. The summed E-state index contributed by atoms with van der Waals surface area (Å²) in [5.41, 5.74) is 0.457. The maximum Gasteiger partial charge on any atom is 0.388 e. The van der Waals surface area contributed by atoms with Gasteiger partial charge in [-0.3, -0.25) is 4.79 Å². The van der Waals surface area contributed by atoms with Crippen LogP contribution in [-0.2, 0) is 22.6 Å². The molecule has 0 aromatic carbocycles. The van der Waals surface area contributed by atoms with Crippen LogP contribution in [0.15, 0.2) is 6.20 Å². The first-order valence-corrected chi connectivity index (χ1v) is 7.03. The largest absolute Gasteiger partial charge is 0.415 e. The summed E-state index contributed by atoms with van der Waals surface area (Å²) < 4.78 is 35.4. The van der Waals surface area contributed by atoms with Gasteiger partial charge in [-0.1, -0.05) is 11.6 Å². The van der Waals surface area contributed by atoms with Gasteiger partial charge in [0.05, 0.1) is 23.9 Å². The zero-order valence-corrected chi connectivity index (χ0v) is 13.6. The maximum atomic E-state index is 12.4. The number of carbonyl (C=O) groups excluding carboxylic acids is 1. The van der Waals surface area contributed by atoms with E-state index < -0.39 is 12.6 Å². The SMILES string of the molecule is Cn1nc(-n2ncc(C#N)c2CCC(=O)OCl)c(Cl)c1OC(F)F. The van der Waals surface area contributed by atoms with Crippen molar-refractivity contribution in [2.75, 3.05) is 0 Å². The molecule has 0 bridgehead atoms. The second-order valence-corrected chi connectivity index (χ2v) is 4.95. The molecule has 0 aliphatic heterocycles. The normalized spacial score (nSPS) is 10.7. The summed E-state index contributed by atoms with van der Waals surface area (Å²) >= 11 is 11.0. The lowest BCUT2D eigenvalue weighted by atomic mass is 10.1. The minimum absolute atomic E-state index is 0.0226. The van der Waals surface area contributed by atoms with E-state index in [-0.39, 0.29) is 35.1 Å². The number of alkyl halides is 2. The fourth-order valence-electron chi connectivity index (χ4n) is 1.97. The second-order valence-electron chi connectivity index (χ2n) is 4.42. The predicted molar refractivity (Wildman–Crippen MR) is 77.0 cm³/mol. The summed E-state index contributed by atoms with van der Waals surface area (Å²) in [6, 6.07) is 1.90. The zero-order valence-electron chi connectivity index (χ0n) is 12.0. The van der Waals surface area contributed by atoms with Gasteiger partial charge < -0.3 is 9.03 Å². The van der Waals surface area contributed by atoms with Crippen LogP contribution in [0.25, 0.3) is 5.82 Å². The molecule has 0 aliphatic rings. The number of halogens is 4. The van der Waals surface area contributed by atoms with E-state index in [2.05, 4.69) is 19.2 Å². The number of nitrogens with zero attached hydrogens (tertiary/aromatic N) is 5. The van der Waals surface area contributed by atoms with Gasteiger partial charge in [-0.05, 0) is 0 Å². The highest BCUT2D eigenvalue weighted by Gasteiger charge is 2.24. The molecule has 128 valence electrons. The van der Waals surface area contributed by atoms with E-state index in [0.29, 0.717) is 5.69 Å². The van der Waals surface area contributed by atoms with Crippen molar-refractivity contribution in [3.8, 4) is 17.8 Å². The third-order valence-electron chi connectivity index (χ3n) is 2.97. The van der Waals surface area contributed by atoms with Gasteiger partial charge in [0.25, 0.3) is 0 Å². The Balaban J connectivity index is 2.44. The van der Waals surface area contributed by atoms with Crippen LogP contribution in [0.3, 0.4) is 0 Å². The van der Waals surface area contributed by atoms with Gasteiger partial charge in [0, 0.05) is 13.5 Å². The van der Waals surface area contributed by atoms with Crippen molar-refractivity contribution < 1.29 is 22.6 Å². The Morgan fingerprint density at radius 2 is 2.25 bits per heavy atom. The Morgan fingerprint density at radius 1 is 1.54 bits per heavy atom. The van der Waals surface area contributed by atoms with Crippen molar-refractivity contribution in [3.05, 3.63) is 22.5 Å². The minimum Gasteiger partial charge on any atom is -0.415 e.